The zero-order chi connectivity index (χ0) is 22.0. The van der Waals surface area contributed by atoms with E-state index in [9.17, 15) is 18.3 Å². The van der Waals surface area contributed by atoms with Gasteiger partial charge in [0.05, 0.1) is 17.2 Å². The second kappa shape index (κ2) is 8.88. The first-order valence-electron chi connectivity index (χ1n) is 10.6. The number of para-hydroxylation sites is 1. The molecular formula is C23H27NO6S. The van der Waals surface area contributed by atoms with Crippen molar-refractivity contribution in [2.75, 3.05) is 24.1 Å². The molecule has 1 unspecified atom stereocenters. The van der Waals surface area contributed by atoms with Gasteiger partial charge in [-0.2, -0.15) is 0 Å². The molecule has 1 N–H and O–H groups in total. The second-order valence-corrected chi connectivity index (χ2v) is 9.96. The third-order valence-electron chi connectivity index (χ3n) is 6.01. The molecule has 166 valence electrons. The standard InChI is InChI=1S/C23H27NO6S/c1-16-6-7-18-4-2-3-5-21(18)24(16)31(27,28)19-8-9-22(20(14-19)23(25)26)30-15-17-10-12-29-13-11-17/h2-5,8-9,14,16-17H,6-7,10-13,15H2,1H3,(H,25,26). The first-order valence-corrected chi connectivity index (χ1v) is 12.0. The summed E-state index contributed by atoms with van der Waals surface area (Å²) in [5, 5.41) is 9.70. The summed E-state index contributed by atoms with van der Waals surface area (Å²) in [6.07, 6.45) is 3.24. The molecule has 4 rings (SSSR count). The molecule has 0 spiro atoms. The molecule has 0 aromatic heterocycles. The van der Waals surface area contributed by atoms with Gasteiger partial charge in [-0.3, -0.25) is 4.31 Å². The van der Waals surface area contributed by atoms with Crippen molar-refractivity contribution in [3.63, 3.8) is 0 Å². The molecule has 1 fully saturated rings. The molecule has 0 aliphatic carbocycles. The molecule has 0 amide bonds. The van der Waals surface area contributed by atoms with Crippen molar-refractivity contribution in [2.24, 2.45) is 5.92 Å². The zero-order valence-corrected chi connectivity index (χ0v) is 18.3. The summed E-state index contributed by atoms with van der Waals surface area (Å²) in [4.78, 5) is 11.8. The Kier molecular flexibility index (Phi) is 6.20. The Morgan fingerprint density at radius 3 is 2.65 bits per heavy atom. The van der Waals surface area contributed by atoms with Crippen molar-refractivity contribution in [1.29, 1.82) is 0 Å². The summed E-state index contributed by atoms with van der Waals surface area (Å²) in [5.74, 6) is -0.735. The van der Waals surface area contributed by atoms with Crippen LogP contribution in [0.15, 0.2) is 47.4 Å². The van der Waals surface area contributed by atoms with Crippen LogP contribution in [0.2, 0.25) is 0 Å². The van der Waals surface area contributed by atoms with E-state index in [1.807, 2.05) is 25.1 Å². The molecule has 7 nitrogen and oxygen atoms in total. The third kappa shape index (κ3) is 4.41. The van der Waals surface area contributed by atoms with Gasteiger partial charge in [0.1, 0.15) is 11.3 Å². The van der Waals surface area contributed by atoms with E-state index in [1.165, 1.54) is 22.5 Å². The van der Waals surface area contributed by atoms with Gasteiger partial charge < -0.3 is 14.6 Å². The third-order valence-corrected chi connectivity index (χ3v) is 7.94. The number of hydrogen-bond acceptors (Lipinski definition) is 5. The molecule has 0 bridgehead atoms. The zero-order valence-electron chi connectivity index (χ0n) is 17.5. The molecule has 0 radical (unpaired) electrons. The number of fused-ring (bicyclic) bond motifs is 1. The van der Waals surface area contributed by atoms with Gasteiger partial charge >= 0.3 is 5.97 Å². The van der Waals surface area contributed by atoms with Crippen molar-refractivity contribution >= 4 is 21.7 Å². The molecule has 1 atom stereocenters. The Hall–Kier alpha value is -2.58. The van der Waals surface area contributed by atoms with Crippen LogP contribution in [0.4, 0.5) is 5.69 Å². The fourth-order valence-electron chi connectivity index (χ4n) is 4.22. The number of ether oxygens (including phenoxy) is 2. The van der Waals surface area contributed by atoms with E-state index >= 15 is 0 Å². The Labute approximate surface area is 182 Å². The van der Waals surface area contributed by atoms with Crippen LogP contribution in [-0.4, -0.2) is 45.4 Å². The summed E-state index contributed by atoms with van der Waals surface area (Å²) in [5.41, 5.74) is 1.48. The highest BCUT2D eigenvalue weighted by atomic mass is 32.2. The largest absolute Gasteiger partial charge is 0.492 e. The normalized spacial score (nSPS) is 19.6. The maximum Gasteiger partial charge on any atom is 0.339 e. The maximum absolute atomic E-state index is 13.5. The second-order valence-electron chi connectivity index (χ2n) is 8.15. The van der Waals surface area contributed by atoms with Gasteiger partial charge in [-0.25, -0.2) is 13.2 Å². The number of rotatable bonds is 6. The topological polar surface area (TPSA) is 93.1 Å². The number of aromatic carboxylic acids is 1. The molecule has 31 heavy (non-hydrogen) atoms. The van der Waals surface area contributed by atoms with Crippen LogP contribution in [0, 0.1) is 5.92 Å². The molecule has 2 aromatic rings. The van der Waals surface area contributed by atoms with Gasteiger partial charge in [0.25, 0.3) is 10.0 Å². The Balaban J connectivity index is 1.64. The van der Waals surface area contributed by atoms with Crippen molar-refractivity contribution in [3.8, 4) is 5.75 Å². The van der Waals surface area contributed by atoms with Gasteiger partial charge in [0.2, 0.25) is 0 Å². The number of nitrogens with zero attached hydrogens (tertiary/aromatic N) is 1. The number of carboxylic acids is 1. The molecule has 2 aliphatic heterocycles. The number of carboxylic acid groups (broad SMARTS) is 1. The highest BCUT2D eigenvalue weighted by molar-refractivity contribution is 7.92. The van der Waals surface area contributed by atoms with Gasteiger partial charge in [-0.05, 0) is 68.4 Å². The number of anilines is 1. The van der Waals surface area contributed by atoms with E-state index in [4.69, 9.17) is 9.47 Å². The van der Waals surface area contributed by atoms with Crippen molar-refractivity contribution in [3.05, 3.63) is 53.6 Å². The maximum atomic E-state index is 13.5. The summed E-state index contributed by atoms with van der Waals surface area (Å²) in [6.45, 7) is 3.60. The first-order chi connectivity index (χ1) is 14.9. The number of benzene rings is 2. The minimum absolute atomic E-state index is 0.0492. The quantitative estimate of drug-likeness (QED) is 0.728. The highest BCUT2D eigenvalue weighted by Crippen LogP contribution is 2.36. The molecule has 1 saturated heterocycles. The predicted octanol–water partition coefficient (Wildman–Crippen LogP) is 3.72. The van der Waals surface area contributed by atoms with Crippen LogP contribution in [-0.2, 0) is 21.2 Å². The van der Waals surface area contributed by atoms with E-state index in [2.05, 4.69) is 0 Å². The van der Waals surface area contributed by atoms with Crippen molar-refractivity contribution in [2.45, 2.75) is 43.5 Å². The van der Waals surface area contributed by atoms with Gasteiger partial charge in [0.15, 0.2) is 0 Å². The molecule has 8 heteroatoms. The summed E-state index contributed by atoms with van der Waals surface area (Å²) in [6, 6.07) is 11.3. The smallest absolute Gasteiger partial charge is 0.339 e. The Morgan fingerprint density at radius 2 is 1.90 bits per heavy atom. The number of hydrogen-bond donors (Lipinski definition) is 1. The predicted molar refractivity (Wildman–Crippen MR) is 116 cm³/mol. The number of carbonyl (C=O) groups is 1. The lowest BCUT2D eigenvalue weighted by Gasteiger charge is -2.36. The van der Waals surface area contributed by atoms with E-state index < -0.39 is 16.0 Å². The van der Waals surface area contributed by atoms with Crippen LogP contribution in [0.1, 0.15) is 42.1 Å². The summed E-state index contributed by atoms with van der Waals surface area (Å²) in [7, 11) is -3.93. The fraction of sp³-hybridized carbons (Fsp3) is 0.435. The molecule has 2 heterocycles. The minimum Gasteiger partial charge on any atom is -0.492 e. The Morgan fingerprint density at radius 1 is 1.16 bits per heavy atom. The van der Waals surface area contributed by atoms with Crippen LogP contribution in [0.25, 0.3) is 0 Å². The average molecular weight is 446 g/mol. The lowest BCUT2D eigenvalue weighted by Crippen LogP contribution is -2.42. The van der Waals surface area contributed by atoms with Gasteiger partial charge in [-0.15, -0.1) is 0 Å². The summed E-state index contributed by atoms with van der Waals surface area (Å²) >= 11 is 0. The van der Waals surface area contributed by atoms with E-state index in [0.29, 0.717) is 37.8 Å². The number of aryl methyl sites for hydroxylation is 1. The average Bonchev–Trinajstić information content (AvgIpc) is 2.77. The van der Waals surface area contributed by atoms with E-state index in [1.54, 1.807) is 6.07 Å². The van der Waals surface area contributed by atoms with Crippen molar-refractivity contribution < 1.29 is 27.8 Å². The monoisotopic (exact) mass is 445 g/mol. The highest BCUT2D eigenvalue weighted by Gasteiger charge is 2.34. The van der Waals surface area contributed by atoms with Crippen LogP contribution >= 0.6 is 0 Å². The van der Waals surface area contributed by atoms with E-state index in [0.717, 1.165) is 24.8 Å². The van der Waals surface area contributed by atoms with Crippen LogP contribution in [0.5, 0.6) is 5.75 Å². The molecule has 2 aromatic carbocycles. The first kappa shape index (κ1) is 21.6. The van der Waals surface area contributed by atoms with Crippen LogP contribution in [0.3, 0.4) is 0 Å². The summed E-state index contributed by atoms with van der Waals surface area (Å²) < 4.78 is 39.6. The van der Waals surface area contributed by atoms with Crippen LogP contribution < -0.4 is 9.04 Å². The van der Waals surface area contributed by atoms with Crippen molar-refractivity contribution in [1.82, 2.24) is 0 Å². The molecule has 2 aliphatic rings. The van der Waals surface area contributed by atoms with E-state index in [-0.39, 0.29) is 22.3 Å². The van der Waals surface area contributed by atoms with Gasteiger partial charge in [0, 0.05) is 19.3 Å². The van der Waals surface area contributed by atoms with Gasteiger partial charge in [-0.1, -0.05) is 18.2 Å². The molecular weight excluding hydrogens is 418 g/mol. The fourth-order valence-corrected chi connectivity index (χ4v) is 5.97. The number of sulfonamides is 1. The SMILES string of the molecule is CC1CCc2ccccc2N1S(=O)(=O)c1ccc(OCC2CCOCC2)c(C(=O)O)c1. The lowest BCUT2D eigenvalue weighted by molar-refractivity contribution is 0.0490. The molecule has 0 saturated carbocycles. The Bertz CT molecular complexity index is 1060. The minimum atomic E-state index is -3.93. The lowest BCUT2D eigenvalue weighted by atomic mass is 9.99.